The minimum absolute atomic E-state index is 0.213. The van der Waals surface area contributed by atoms with Crippen molar-refractivity contribution < 1.29 is 17.4 Å². The van der Waals surface area contributed by atoms with Gasteiger partial charge in [-0.2, -0.15) is 4.21 Å². The lowest BCUT2D eigenvalue weighted by Crippen LogP contribution is -2.36. The van der Waals surface area contributed by atoms with Gasteiger partial charge in [-0.05, 0) is 20.3 Å². The van der Waals surface area contributed by atoms with E-state index in [9.17, 15) is 9.00 Å². The average Bonchev–Trinajstić information content (AvgIpc) is 2.53. The number of unbranched alkanes of at least 4 members (excludes halogenated alkanes) is 5. The van der Waals surface area contributed by atoms with Crippen molar-refractivity contribution in [2.45, 2.75) is 64.9 Å². The zero-order valence-electron chi connectivity index (χ0n) is 14.4. The molecule has 0 fully saturated rings. The van der Waals surface area contributed by atoms with Gasteiger partial charge in [-0.3, -0.25) is 13.2 Å². The summed E-state index contributed by atoms with van der Waals surface area (Å²) >= 11 is -1.91. The average molecular weight is 340 g/mol. The second kappa shape index (κ2) is 10.7. The highest BCUT2D eigenvalue weighted by molar-refractivity contribution is 7.75. The molecule has 1 unspecified atom stereocenters. The fourth-order valence-electron chi connectivity index (χ4n) is 2.18. The van der Waals surface area contributed by atoms with Gasteiger partial charge in [0.1, 0.15) is 5.60 Å². The zero-order chi connectivity index (χ0) is 17.1. The highest BCUT2D eigenvalue weighted by Gasteiger charge is 2.32. The van der Waals surface area contributed by atoms with Crippen molar-refractivity contribution >= 4 is 17.1 Å². The molecule has 23 heavy (non-hydrogen) atoms. The van der Waals surface area contributed by atoms with E-state index in [1.165, 1.54) is 25.7 Å². The Kier molecular flexibility index (Phi) is 9.29. The fourth-order valence-corrected chi connectivity index (χ4v) is 2.90. The molecule has 5 heteroatoms. The van der Waals surface area contributed by atoms with Crippen molar-refractivity contribution in [3.8, 4) is 0 Å². The number of Topliss-reactive ketones (excluding diaryl/α,β-unsaturated/α-hetero) is 1. The summed E-state index contributed by atoms with van der Waals surface area (Å²) in [7, 11) is 0. The van der Waals surface area contributed by atoms with Crippen LogP contribution in [0.25, 0.3) is 0 Å². The lowest BCUT2D eigenvalue weighted by atomic mass is 9.97. The summed E-state index contributed by atoms with van der Waals surface area (Å²) in [6, 6.07) is 8.85. The molecule has 0 N–H and O–H groups in total. The van der Waals surface area contributed by atoms with Crippen LogP contribution >= 0.6 is 0 Å². The maximum Gasteiger partial charge on any atom is 0.305 e. The molecular formula is C18H28O4S. The van der Waals surface area contributed by atoms with Crippen molar-refractivity contribution in [1.82, 2.24) is 0 Å². The van der Waals surface area contributed by atoms with E-state index in [0.717, 1.165) is 12.8 Å². The largest absolute Gasteiger partial charge is 0.305 e. The van der Waals surface area contributed by atoms with E-state index in [1.807, 2.05) is 6.07 Å². The standard InChI is InChI=1S/C18H28O4S/c1-4-5-6-7-8-12-15-21-23(20)22-18(2,3)17(19)16-13-10-9-11-14-16/h9-11,13-14H,4-8,12,15H2,1-3H3. The minimum atomic E-state index is -1.91. The second-order valence-corrected chi connectivity index (χ2v) is 6.89. The Hall–Kier alpha value is -1.04. The molecule has 0 aliphatic carbocycles. The van der Waals surface area contributed by atoms with E-state index >= 15 is 0 Å². The Morgan fingerprint density at radius 3 is 2.30 bits per heavy atom. The molecular weight excluding hydrogens is 312 g/mol. The van der Waals surface area contributed by atoms with Gasteiger partial charge in [-0.25, -0.2) is 0 Å². The van der Waals surface area contributed by atoms with Crippen LogP contribution in [0.3, 0.4) is 0 Å². The quantitative estimate of drug-likeness (QED) is 0.411. The molecule has 0 amide bonds. The number of hydrogen-bond donors (Lipinski definition) is 0. The SMILES string of the molecule is CCCCCCCCOS(=O)OC(C)(C)C(=O)c1ccccc1. The van der Waals surface area contributed by atoms with E-state index in [4.69, 9.17) is 8.37 Å². The van der Waals surface area contributed by atoms with Crippen molar-refractivity contribution in [2.24, 2.45) is 0 Å². The summed E-state index contributed by atoms with van der Waals surface area (Å²) < 4.78 is 22.3. The Morgan fingerprint density at radius 2 is 1.65 bits per heavy atom. The summed E-state index contributed by atoms with van der Waals surface area (Å²) in [5, 5.41) is 0. The number of hydrogen-bond acceptors (Lipinski definition) is 4. The van der Waals surface area contributed by atoms with Crippen molar-refractivity contribution in [2.75, 3.05) is 6.61 Å². The predicted molar refractivity (Wildman–Crippen MR) is 93.4 cm³/mol. The van der Waals surface area contributed by atoms with Gasteiger partial charge < -0.3 is 0 Å². The Morgan fingerprint density at radius 1 is 1.04 bits per heavy atom. The van der Waals surface area contributed by atoms with Crippen molar-refractivity contribution in [3.05, 3.63) is 35.9 Å². The molecule has 0 bridgehead atoms. The first-order valence-corrected chi connectivity index (χ1v) is 9.31. The van der Waals surface area contributed by atoms with Crippen LogP contribution in [0, 0.1) is 0 Å². The lowest BCUT2D eigenvalue weighted by molar-refractivity contribution is 0.0576. The van der Waals surface area contributed by atoms with Gasteiger partial charge in [0.05, 0.1) is 6.61 Å². The van der Waals surface area contributed by atoms with Gasteiger partial charge in [0, 0.05) is 5.56 Å². The predicted octanol–water partition coefficient (Wildman–Crippen LogP) is 4.62. The highest BCUT2D eigenvalue weighted by Crippen LogP contribution is 2.19. The fraction of sp³-hybridized carbons (Fsp3) is 0.611. The van der Waals surface area contributed by atoms with Crippen LogP contribution in [0.5, 0.6) is 0 Å². The summed E-state index contributed by atoms with van der Waals surface area (Å²) in [4.78, 5) is 12.4. The van der Waals surface area contributed by atoms with E-state index < -0.39 is 17.0 Å². The molecule has 4 nitrogen and oxygen atoms in total. The highest BCUT2D eigenvalue weighted by atomic mass is 32.2. The maximum atomic E-state index is 12.4. The van der Waals surface area contributed by atoms with E-state index in [1.54, 1.807) is 38.1 Å². The molecule has 0 heterocycles. The number of carbonyl (C=O) groups is 1. The third-order valence-electron chi connectivity index (χ3n) is 3.54. The number of ketones is 1. The number of benzene rings is 1. The van der Waals surface area contributed by atoms with Gasteiger partial charge >= 0.3 is 11.4 Å². The van der Waals surface area contributed by atoms with Gasteiger partial charge in [0.25, 0.3) is 0 Å². The Bertz CT molecular complexity index is 485. The van der Waals surface area contributed by atoms with Crippen molar-refractivity contribution in [3.63, 3.8) is 0 Å². The summed E-state index contributed by atoms with van der Waals surface area (Å²) in [5.74, 6) is -0.213. The summed E-state index contributed by atoms with van der Waals surface area (Å²) in [6.45, 7) is 5.78. The van der Waals surface area contributed by atoms with Crippen molar-refractivity contribution in [1.29, 1.82) is 0 Å². The molecule has 0 saturated carbocycles. The topological polar surface area (TPSA) is 52.6 Å². The summed E-state index contributed by atoms with van der Waals surface area (Å²) in [5.41, 5.74) is -0.654. The molecule has 1 rings (SSSR count). The molecule has 0 aliphatic heterocycles. The molecule has 130 valence electrons. The zero-order valence-corrected chi connectivity index (χ0v) is 15.2. The van der Waals surface area contributed by atoms with E-state index in [2.05, 4.69) is 6.92 Å². The van der Waals surface area contributed by atoms with Crippen LogP contribution in [-0.4, -0.2) is 22.2 Å². The van der Waals surface area contributed by atoms with Crippen LogP contribution in [0.2, 0.25) is 0 Å². The van der Waals surface area contributed by atoms with Crippen LogP contribution in [0.15, 0.2) is 30.3 Å². The summed E-state index contributed by atoms with van der Waals surface area (Å²) in [6.07, 6.45) is 6.79. The molecule has 0 radical (unpaired) electrons. The third kappa shape index (κ3) is 7.86. The van der Waals surface area contributed by atoms with Gasteiger partial charge in [-0.15, -0.1) is 0 Å². The Balaban J connectivity index is 2.31. The first-order chi connectivity index (χ1) is 11.0. The van der Waals surface area contributed by atoms with Crippen LogP contribution in [0.4, 0.5) is 0 Å². The number of carbonyl (C=O) groups excluding carboxylic acids is 1. The van der Waals surface area contributed by atoms with E-state index in [-0.39, 0.29) is 5.78 Å². The monoisotopic (exact) mass is 340 g/mol. The Labute approximate surface area is 142 Å². The number of rotatable bonds is 12. The molecule has 0 aromatic heterocycles. The molecule has 1 aromatic carbocycles. The van der Waals surface area contributed by atoms with Crippen LogP contribution in [-0.2, 0) is 19.7 Å². The molecule has 1 aromatic rings. The van der Waals surface area contributed by atoms with Gasteiger partial charge in [-0.1, -0.05) is 69.4 Å². The van der Waals surface area contributed by atoms with Gasteiger partial charge in [0.15, 0.2) is 5.78 Å². The lowest BCUT2D eigenvalue weighted by Gasteiger charge is -2.21. The van der Waals surface area contributed by atoms with Crippen LogP contribution in [0.1, 0.15) is 69.7 Å². The van der Waals surface area contributed by atoms with E-state index in [0.29, 0.717) is 12.2 Å². The first kappa shape index (κ1) is 20.0. The first-order valence-electron chi connectivity index (χ1n) is 8.31. The smallest absolute Gasteiger partial charge is 0.291 e. The normalized spacial score (nSPS) is 13.0. The van der Waals surface area contributed by atoms with Crippen LogP contribution < -0.4 is 0 Å². The molecule has 0 spiro atoms. The second-order valence-electron chi connectivity index (χ2n) is 6.08. The third-order valence-corrected chi connectivity index (χ3v) is 4.45. The maximum absolute atomic E-state index is 12.4. The molecule has 1 atom stereocenters. The molecule has 0 saturated heterocycles. The van der Waals surface area contributed by atoms with Gasteiger partial charge in [0.2, 0.25) is 0 Å². The molecule has 0 aliphatic rings. The minimum Gasteiger partial charge on any atom is -0.291 e.